The van der Waals surface area contributed by atoms with Gasteiger partial charge in [0.25, 0.3) is 0 Å². The van der Waals surface area contributed by atoms with Gasteiger partial charge in [-0.1, -0.05) is 71.9 Å². The minimum atomic E-state index is 0.751. The van der Waals surface area contributed by atoms with Gasteiger partial charge in [-0.15, -0.1) is 0 Å². The summed E-state index contributed by atoms with van der Waals surface area (Å²) < 4.78 is 0. The summed E-state index contributed by atoms with van der Waals surface area (Å²) in [5.74, 6) is 2.46. The highest BCUT2D eigenvalue weighted by molar-refractivity contribution is 6.39. The van der Waals surface area contributed by atoms with E-state index in [1.165, 1.54) is 25.7 Å². The van der Waals surface area contributed by atoms with Crippen molar-refractivity contribution in [2.75, 3.05) is 0 Å². The van der Waals surface area contributed by atoms with Crippen LogP contribution in [0.25, 0.3) is 0 Å². The molecule has 0 fully saturated rings. The third-order valence-corrected chi connectivity index (χ3v) is 2.36. The maximum absolute atomic E-state index is 2.54. The molecule has 77 valence electrons. The van der Waals surface area contributed by atoms with E-state index >= 15 is 0 Å². The summed E-state index contributed by atoms with van der Waals surface area (Å²) in [7, 11) is 2.54. The number of rotatable bonds is 7. The van der Waals surface area contributed by atoms with Crippen LogP contribution in [0.5, 0.6) is 0 Å². The fraction of sp³-hybridized carbons (Fsp3) is 1.00. The Morgan fingerprint density at radius 2 is 1.69 bits per heavy atom. The molecule has 0 heterocycles. The average molecular weight is 181 g/mol. The van der Waals surface area contributed by atoms with Crippen LogP contribution in [0.1, 0.15) is 60.3 Å². The number of hydrogen-bond donors (Lipinski definition) is 0. The normalized spacial score (nSPS) is 13.8. The van der Waals surface area contributed by atoms with Crippen molar-refractivity contribution in [2.24, 2.45) is 5.92 Å². The van der Waals surface area contributed by atoms with Crippen LogP contribution in [0.2, 0.25) is 11.6 Å². The molecule has 0 aliphatic carbocycles. The highest BCUT2D eigenvalue weighted by Crippen LogP contribution is 2.26. The van der Waals surface area contributed by atoms with Crippen molar-refractivity contribution in [3.63, 3.8) is 0 Å². The Kier molecular flexibility index (Phi) is 7.50. The molecule has 1 atom stereocenters. The van der Waals surface area contributed by atoms with Crippen molar-refractivity contribution >= 4 is 7.28 Å². The molecule has 1 unspecified atom stereocenters. The van der Waals surface area contributed by atoms with Crippen LogP contribution in [0, 0.1) is 5.92 Å². The summed E-state index contributed by atoms with van der Waals surface area (Å²) in [6.45, 7) is 11.5. The Balaban J connectivity index is 3.73. The van der Waals surface area contributed by atoms with Crippen LogP contribution < -0.4 is 0 Å². The zero-order valence-corrected chi connectivity index (χ0v) is 10.1. The second-order valence-electron chi connectivity index (χ2n) is 4.97. The zero-order valence-electron chi connectivity index (χ0n) is 10.1. The van der Waals surface area contributed by atoms with Gasteiger partial charge in [-0.2, -0.15) is 0 Å². The lowest BCUT2D eigenvalue weighted by atomic mass is 9.53. The number of unbranched alkanes of at least 4 members (excludes halogenated alkanes) is 1. The highest BCUT2D eigenvalue weighted by Gasteiger charge is 2.13. The summed E-state index contributed by atoms with van der Waals surface area (Å²) in [6, 6.07) is 0. The lowest BCUT2D eigenvalue weighted by molar-refractivity contribution is 0.518. The molecule has 0 aromatic rings. The average Bonchev–Trinajstić information content (AvgIpc) is 1.98. The van der Waals surface area contributed by atoms with Gasteiger partial charge in [0.1, 0.15) is 7.28 Å². The van der Waals surface area contributed by atoms with Crippen LogP contribution in [0.4, 0.5) is 0 Å². The molecule has 0 aromatic heterocycles. The first-order valence-electron chi connectivity index (χ1n) is 5.91. The second kappa shape index (κ2) is 7.47. The molecule has 0 nitrogen and oxygen atoms in total. The van der Waals surface area contributed by atoms with Gasteiger partial charge in [-0.25, -0.2) is 0 Å². The molecule has 0 aromatic carbocycles. The smallest absolute Gasteiger partial charge is 0.0741 e. The molecule has 0 saturated heterocycles. The fourth-order valence-corrected chi connectivity index (χ4v) is 1.91. The second-order valence-corrected chi connectivity index (χ2v) is 4.97. The SMILES string of the molecule is CCCCC([B]C(C)C)CC(C)C. The molecular formula is C12H26B. The molecule has 0 bridgehead atoms. The predicted octanol–water partition coefficient (Wildman–Crippen LogP) is 4.54. The zero-order chi connectivity index (χ0) is 10.3. The number of hydrogen-bond acceptors (Lipinski definition) is 0. The maximum Gasteiger partial charge on any atom is 0.117 e. The van der Waals surface area contributed by atoms with Gasteiger partial charge in [-0.3, -0.25) is 0 Å². The van der Waals surface area contributed by atoms with Crippen molar-refractivity contribution in [1.82, 2.24) is 0 Å². The van der Waals surface area contributed by atoms with E-state index in [0.29, 0.717) is 0 Å². The summed E-state index contributed by atoms with van der Waals surface area (Å²) in [5.41, 5.74) is 0. The van der Waals surface area contributed by atoms with Crippen LogP contribution in [0.3, 0.4) is 0 Å². The predicted molar refractivity (Wildman–Crippen MR) is 63.6 cm³/mol. The molecule has 1 radical (unpaired) electrons. The molecule has 1 heteroatoms. The minimum absolute atomic E-state index is 0.751. The van der Waals surface area contributed by atoms with Gasteiger partial charge in [0.2, 0.25) is 0 Å². The van der Waals surface area contributed by atoms with Crippen LogP contribution in [-0.2, 0) is 0 Å². The monoisotopic (exact) mass is 181 g/mol. The standard InChI is InChI=1S/C12H26B/c1-6-7-8-12(9-10(2)3)13-11(4)5/h10-12H,6-9H2,1-5H3. The molecule has 0 rings (SSSR count). The Labute approximate surface area is 85.7 Å². The van der Waals surface area contributed by atoms with Gasteiger partial charge in [0.05, 0.1) is 0 Å². The Hall–Kier alpha value is 0.0649. The first-order valence-corrected chi connectivity index (χ1v) is 5.91. The largest absolute Gasteiger partial charge is 0.117 e. The van der Waals surface area contributed by atoms with E-state index < -0.39 is 0 Å². The summed E-state index contributed by atoms with van der Waals surface area (Å²) >= 11 is 0. The van der Waals surface area contributed by atoms with Gasteiger partial charge in [0.15, 0.2) is 0 Å². The van der Waals surface area contributed by atoms with Gasteiger partial charge >= 0.3 is 0 Å². The Morgan fingerprint density at radius 3 is 2.08 bits per heavy atom. The lowest BCUT2D eigenvalue weighted by Crippen LogP contribution is -2.09. The molecule has 0 saturated carbocycles. The van der Waals surface area contributed by atoms with E-state index in [0.717, 1.165) is 17.6 Å². The highest BCUT2D eigenvalue weighted by atomic mass is 14.1. The quantitative estimate of drug-likeness (QED) is 0.505. The van der Waals surface area contributed by atoms with Crippen molar-refractivity contribution in [1.29, 1.82) is 0 Å². The topological polar surface area (TPSA) is 0 Å². The lowest BCUT2D eigenvalue weighted by Gasteiger charge is -2.19. The molecular weight excluding hydrogens is 155 g/mol. The molecule has 0 aliphatic rings. The maximum atomic E-state index is 2.54. The van der Waals surface area contributed by atoms with E-state index in [2.05, 4.69) is 41.9 Å². The summed E-state index contributed by atoms with van der Waals surface area (Å²) in [6.07, 6.45) is 5.49. The van der Waals surface area contributed by atoms with E-state index in [1.807, 2.05) is 0 Å². The Bertz CT molecular complexity index is 97.7. The van der Waals surface area contributed by atoms with Crippen LogP contribution in [-0.4, -0.2) is 7.28 Å². The molecule has 0 aliphatic heterocycles. The minimum Gasteiger partial charge on any atom is -0.0741 e. The van der Waals surface area contributed by atoms with E-state index in [9.17, 15) is 0 Å². The van der Waals surface area contributed by atoms with Crippen molar-refractivity contribution < 1.29 is 0 Å². The first kappa shape index (κ1) is 13.1. The van der Waals surface area contributed by atoms with Crippen molar-refractivity contribution in [3.05, 3.63) is 0 Å². The molecule has 13 heavy (non-hydrogen) atoms. The van der Waals surface area contributed by atoms with Crippen LogP contribution >= 0.6 is 0 Å². The van der Waals surface area contributed by atoms with Gasteiger partial charge in [0, 0.05) is 0 Å². The van der Waals surface area contributed by atoms with Crippen molar-refractivity contribution in [3.8, 4) is 0 Å². The summed E-state index contributed by atoms with van der Waals surface area (Å²) in [5, 5.41) is 0. The van der Waals surface area contributed by atoms with Gasteiger partial charge in [-0.05, 0) is 5.92 Å². The van der Waals surface area contributed by atoms with Crippen LogP contribution in [0.15, 0.2) is 0 Å². The Morgan fingerprint density at radius 1 is 1.08 bits per heavy atom. The molecule has 0 N–H and O–H groups in total. The van der Waals surface area contributed by atoms with Gasteiger partial charge < -0.3 is 0 Å². The van der Waals surface area contributed by atoms with Crippen molar-refractivity contribution in [2.45, 2.75) is 71.9 Å². The summed E-state index contributed by atoms with van der Waals surface area (Å²) in [4.78, 5) is 0. The fourth-order valence-electron chi connectivity index (χ4n) is 1.91. The van der Waals surface area contributed by atoms with E-state index in [4.69, 9.17) is 0 Å². The third-order valence-electron chi connectivity index (χ3n) is 2.36. The third kappa shape index (κ3) is 8.40. The molecule has 0 spiro atoms. The van der Waals surface area contributed by atoms with E-state index in [1.54, 1.807) is 0 Å². The van der Waals surface area contributed by atoms with E-state index in [-0.39, 0.29) is 0 Å². The first-order chi connectivity index (χ1) is 6.06. The molecule has 0 amide bonds.